The maximum atomic E-state index is 13.9. The second kappa shape index (κ2) is 8.25. The molecule has 0 saturated heterocycles. The number of aromatic hydroxyl groups is 1. The molecule has 0 aliphatic carbocycles. The topological polar surface area (TPSA) is 80.0 Å². The first kappa shape index (κ1) is 22.1. The highest BCUT2D eigenvalue weighted by molar-refractivity contribution is 9.10. The first-order valence-corrected chi connectivity index (χ1v) is 11.0. The summed E-state index contributed by atoms with van der Waals surface area (Å²) in [6.07, 6.45) is 0. The highest BCUT2D eigenvalue weighted by Crippen LogP contribution is 2.44. The van der Waals surface area contributed by atoms with Crippen LogP contribution in [0.5, 0.6) is 11.5 Å². The van der Waals surface area contributed by atoms with E-state index in [-0.39, 0.29) is 40.3 Å². The van der Waals surface area contributed by atoms with Gasteiger partial charge in [0.15, 0.2) is 16.9 Å². The zero-order valence-corrected chi connectivity index (χ0v) is 19.2. The molecule has 1 atom stereocenters. The average molecular weight is 528 g/mol. The number of phenols is 1. The van der Waals surface area contributed by atoms with E-state index in [0.717, 1.165) is 12.1 Å². The molecule has 6 nitrogen and oxygen atoms in total. The molecule has 1 aliphatic heterocycles. The van der Waals surface area contributed by atoms with Crippen molar-refractivity contribution in [3.05, 3.63) is 103 Å². The number of amides is 1. The van der Waals surface area contributed by atoms with Crippen molar-refractivity contribution in [1.29, 1.82) is 0 Å². The van der Waals surface area contributed by atoms with E-state index < -0.39 is 29.0 Å². The van der Waals surface area contributed by atoms with Crippen LogP contribution in [0.15, 0.2) is 68.3 Å². The predicted octanol–water partition coefficient (Wildman–Crippen LogP) is 5.29. The van der Waals surface area contributed by atoms with Gasteiger partial charge in [0.1, 0.15) is 17.2 Å². The van der Waals surface area contributed by atoms with Crippen LogP contribution in [-0.2, 0) is 6.54 Å². The summed E-state index contributed by atoms with van der Waals surface area (Å²) in [6, 6.07) is 11.3. The van der Waals surface area contributed by atoms with Crippen LogP contribution in [-0.4, -0.2) is 23.0 Å². The number of phenolic OH excluding ortho intramolecular Hbond substituents is 1. The van der Waals surface area contributed by atoms with E-state index in [1.165, 1.54) is 48.4 Å². The first-order chi connectivity index (χ1) is 16.3. The summed E-state index contributed by atoms with van der Waals surface area (Å²) < 4.78 is 38.7. The Labute approximate surface area is 200 Å². The zero-order chi connectivity index (χ0) is 24.1. The molecule has 1 unspecified atom stereocenters. The summed E-state index contributed by atoms with van der Waals surface area (Å²) in [7, 11) is 1.37. The smallest absolute Gasteiger partial charge is 0.291 e. The van der Waals surface area contributed by atoms with Crippen LogP contribution in [0, 0.1) is 11.6 Å². The first-order valence-electron chi connectivity index (χ1n) is 10.2. The summed E-state index contributed by atoms with van der Waals surface area (Å²) in [4.78, 5) is 28.4. The number of nitrogens with zero attached hydrogens (tertiary/aromatic N) is 1. The van der Waals surface area contributed by atoms with Gasteiger partial charge >= 0.3 is 0 Å². The molecule has 1 aliphatic rings. The lowest BCUT2D eigenvalue weighted by molar-refractivity contribution is 0.0714. The zero-order valence-electron chi connectivity index (χ0n) is 17.6. The Bertz CT molecular complexity index is 1520. The van der Waals surface area contributed by atoms with Crippen molar-refractivity contribution in [1.82, 2.24) is 4.90 Å². The number of halogens is 3. The fourth-order valence-corrected chi connectivity index (χ4v) is 4.66. The second-order valence-corrected chi connectivity index (χ2v) is 8.68. The number of rotatable bonds is 4. The molecule has 2 heterocycles. The molecule has 0 saturated carbocycles. The number of carbonyl (C=O) groups is 1. The number of ether oxygens (including phenoxy) is 1. The number of hydrogen-bond acceptors (Lipinski definition) is 5. The SMILES string of the molecule is COc1cc(C2c3c(oc4ccc(F)cc4c3=O)C(=O)N2Cc2ccc(F)cc2)cc(Br)c1O. The van der Waals surface area contributed by atoms with Crippen LogP contribution in [0.1, 0.15) is 33.3 Å². The molecule has 172 valence electrons. The fourth-order valence-electron chi connectivity index (χ4n) is 4.20. The van der Waals surface area contributed by atoms with Crippen molar-refractivity contribution in [2.75, 3.05) is 7.11 Å². The maximum absolute atomic E-state index is 13.9. The Kier molecular flexibility index (Phi) is 5.36. The Morgan fingerprint density at radius 3 is 2.47 bits per heavy atom. The molecule has 5 rings (SSSR count). The molecule has 1 amide bonds. The van der Waals surface area contributed by atoms with Crippen LogP contribution >= 0.6 is 15.9 Å². The van der Waals surface area contributed by atoms with Gasteiger partial charge in [-0.05, 0) is 69.5 Å². The van der Waals surface area contributed by atoms with Gasteiger partial charge in [0.25, 0.3) is 5.91 Å². The van der Waals surface area contributed by atoms with Gasteiger partial charge in [-0.1, -0.05) is 12.1 Å². The van der Waals surface area contributed by atoms with Crippen molar-refractivity contribution >= 4 is 32.8 Å². The van der Waals surface area contributed by atoms with E-state index >= 15 is 0 Å². The lowest BCUT2D eigenvalue weighted by Crippen LogP contribution is -2.29. The molecule has 1 aromatic heterocycles. The van der Waals surface area contributed by atoms with E-state index in [9.17, 15) is 23.5 Å². The molecule has 0 bridgehead atoms. The predicted molar refractivity (Wildman–Crippen MR) is 123 cm³/mol. The van der Waals surface area contributed by atoms with Crippen LogP contribution in [0.25, 0.3) is 11.0 Å². The molecule has 1 N–H and O–H groups in total. The van der Waals surface area contributed by atoms with Crippen molar-refractivity contribution in [3.63, 3.8) is 0 Å². The third kappa shape index (κ3) is 3.52. The number of benzene rings is 3. The lowest BCUT2D eigenvalue weighted by Gasteiger charge is -2.26. The van der Waals surface area contributed by atoms with Crippen molar-refractivity contribution in [2.45, 2.75) is 12.6 Å². The van der Waals surface area contributed by atoms with Gasteiger partial charge in [-0.2, -0.15) is 0 Å². The molecule has 3 aromatic carbocycles. The normalized spacial score (nSPS) is 15.1. The fraction of sp³-hybridized carbons (Fsp3) is 0.120. The third-order valence-electron chi connectivity index (χ3n) is 5.78. The Morgan fingerprint density at radius 2 is 1.76 bits per heavy atom. The average Bonchev–Trinajstić information content (AvgIpc) is 3.09. The third-order valence-corrected chi connectivity index (χ3v) is 6.38. The van der Waals surface area contributed by atoms with Gasteiger partial charge in [0, 0.05) is 6.54 Å². The molecule has 4 aromatic rings. The van der Waals surface area contributed by atoms with Crippen LogP contribution in [0.3, 0.4) is 0 Å². The quantitative estimate of drug-likeness (QED) is 0.390. The van der Waals surface area contributed by atoms with E-state index in [0.29, 0.717) is 15.6 Å². The van der Waals surface area contributed by atoms with Gasteiger partial charge < -0.3 is 19.2 Å². The van der Waals surface area contributed by atoms with E-state index in [1.54, 1.807) is 6.07 Å². The molecule has 0 radical (unpaired) electrons. The van der Waals surface area contributed by atoms with Crippen molar-refractivity contribution < 1.29 is 27.8 Å². The minimum atomic E-state index is -0.928. The Balaban J connectivity index is 1.76. The molecule has 9 heteroatoms. The Hall–Kier alpha value is -3.72. The Morgan fingerprint density at radius 1 is 1.06 bits per heavy atom. The monoisotopic (exact) mass is 527 g/mol. The molecule has 0 fully saturated rings. The summed E-state index contributed by atoms with van der Waals surface area (Å²) >= 11 is 3.28. The summed E-state index contributed by atoms with van der Waals surface area (Å²) in [6.45, 7) is 0.0406. The minimum Gasteiger partial charge on any atom is -0.503 e. The van der Waals surface area contributed by atoms with E-state index in [2.05, 4.69) is 15.9 Å². The van der Waals surface area contributed by atoms with Crippen LogP contribution < -0.4 is 10.2 Å². The van der Waals surface area contributed by atoms with Gasteiger partial charge in [-0.15, -0.1) is 0 Å². The largest absolute Gasteiger partial charge is 0.503 e. The standard InChI is InChI=1S/C25H16BrF2NO5/c1-33-19-9-13(8-17(26)23(19)31)21-20-22(30)16-10-15(28)6-7-18(16)34-24(20)25(32)29(21)11-12-2-4-14(27)5-3-12/h2-10,21,31H,11H2,1H3. The number of carbonyl (C=O) groups excluding carboxylic acids is 1. The van der Waals surface area contributed by atoms with Crippen LogP contribution in [0.4, 0.5) is 8.78 Å². The molecular weight excluding hydrogens is 512 g/mol. The molecule has 0 spiro atoms. The van der Waals surface area contributed by atoms with E-state index in [1.807, 2.05) is 0 Å². The van der Waals surface area contributed by atoms with Crippen molar-refractivity contribution in [2.24, 2.45) is 0 Å². The summed E-state index contributed by atoms with van der Waals surface area (Å²) in [5.74, 6) is -1.75. The highest BCUT2D eigenvalue weighted by atomic mass is 79.9. The van der Waals surface area contributed by atoms with Crippen LogP contribution in [0.2, 0.25) is 0 Å². The maximum Gasteiger partial charge on any atom is 0.291 e. The summed E-state index contributed by atoms with van der Waals surface area (Å²) in [5.41, 5.74) is 0.674. The van der Waals surface area contributed by atoms with Gasteiger partial charge in [-0.25, -0.2) is 8.78 Å². The number of hydrogen-bond donors (Lipinski definition) is 1. The van der Waals surface area contributed by atoms with Gasteiger partial charge in [0.2, 0.25) is 5.76 Å². The van der Waals surface area contributed by atoms with E-state index in [4.69, 9.17) is 9.15 Å². The summed E-state index contributed by atoms with van der Waals surface area (Å²) in [5, 5.41) is 10.3. The van der Waals surface area contributed by atoms with Gasteiger partial charge in [0.05, 0.1) is 28.6 Å². The minimum absolute atomic E-state index is 0.00462. The molecular formula is C25H16BrF2NO5. The lowest BCUT2D eigenvalue weighted by atomic mass is 9.97. The number of methoxy groups -OCH3 is 1. The highest BCUT2D eigenvalue weighted by Gasteiger charge is 2.43. The molecule has 34 heavy (non-hydrogen) atoms. The second-order valence-electron chi connectivity index (χ2n) is 7.83. The number of fused-ring (bicyclic) bond motifs is 2. The van der Waals surface area contributed by atoms with Crippen molar-refractivity contribution in [3.8, 4) is 11.5 Å². The van der Waals surface area contributed by atoms with Gasteiger partial charge in [-0.3, -0.25) is 9.59 Å².